The van der Waals surface area contributed by atoms with Gasteiger partial charge in [-0.1, -0.05) is 12.1 Å². The summed E-state index contributed by atoms with van der Waals surface area (Å²) in [5, 5.41) is 8.81. The molecule has 0 saturated carbocycles. The first-order valence-electron chi connectivity index (χ1n) is 6.25. The molecule has 0 bridgehead atoms. The first-order chi connectivity index (χ1) is 9.60. The molecule has 2 aromatic rings. The molecule has 0 radical (unpaired) electrons. The number of hydrogen-bond donors (Lipinski definition) is 1. The van der Waals surface area contributed by atoms with Crippen molar-refractivity contribution in [1.29, 1.82) is 0 Å². The van der Waals surface area contributed by atoms with Crippen LogP contribution in [-0.2, 0) is 6.54 Å². The maximum atomic E-state index is 11.8. The Bertz CT molecular complexity index is 658. The number of nitrogens with zero attached hydrogens (tertiary/aromatic N) is 1. The zero-order chi connectivity index (χ0) is 14.5. The Kier molecular flexibility index (Phi) is 4.20. The van der Waals surface area contributed by atoms with Gasteiger partial charge in [-0.2, -0.15) is 0 Å². The van der Waals surface area contributed by atoms with E-state index in [-0.39, 0.29) is 11.1 Å². The van der Waals surface area contributed by atoms with Crippen LogP contribution in [0.5, 0.6) is 5.75 Å². The van der Waals surface area contributed by atoms with E-state index in [0.29, 0.717) is 13.2 Å². The molecule has 1 aromatic carbocycles. The van der Waals surface area contributed by atoms with E-state index >= 15 is 0 Å². The van der Waals surface area contributed by atoms with E-state index in [4.69, 9.17) is 9.84 Å². The number of rotatable bonds is 5. The molecule has 0 atom stereocenters. The molecule has 104 valence electrons. The summed E-state index contributed by atoms with van der Waals surface area (Å²) in [6, 6.07) is 9.98. The number of carbonyl (C=O) groups is 1. The standard InChI is InChI=1S/C15H15NO4/c1-2-20-13-5-3-11(4-6-13)10-16-8-7-12(15(18)19)9-14(16)17/h3-9H,2,10H2,1H3,(H,18,19). The van der Waals surface area contributed by atoms with Gasteiger partial charge in [0.15, 0.2) is 0 Å². The Morgan fingerprint density at radius 1 is 1.25 bits per heavy atom. The second kappa shape index (κ2) is 6.06. The van der Waals surface area contributed by atoms with Crippen LogP contribution in [0.15, 0.2) is 47.4 Å². The summed E-state index contributed by atoms with van der Waals surface area (Å²) in [4.78, 5) is 22.6. The maximum absolute atomic E-state index is 11.8. The van der Waals surface area contributed by atoms with Gasteiger partial charge in [-0.15, -0.1) is 0 Å². The highest BCUT2D eigenvalue weighted by molar-refractivity contribution is 5.87. The highest BCUT2D eigenvalue weighted by Crippen LogP contribution is 2.12. The van der Waals surface area contributed by atoms with Crippen LogP contribution in [0.1, 0.15) is 22.8 Å². The van der Waals surface area contributed by atoms with Crippen molar-refractivity contribution in [3.63, 3.8) is 0 Å². The van der Waals surface area contributed by atoms with Gasteiger partial charge in [-0.25, -0.2) is 4.79 Å². The van der Waals surface area contributed by atoms with E-state index in [1.165, 1.54) is 16.8 Å². The van der Waals surface area contributed by atoms with Gasteiger partial charge >= 0.3 is 5.97 Å². The van der Waals surface area contributed by atoms with Crippen molar-refractivity contribution in [2.75, 3.05) is 6.61 Å². The number of benzene rings is 1. The summed E-state index contributed by atoms with van der Waals surface area (Å²) in [6.07, 6.45) is 1.49. The Hall–Kier alpha value is -2.56. The quantitative estimate of drug-likeness (QED) is 0.904. The van der Waals surface area contributed by atoms with Gasteiger partial charge in [0.05, 0.1) is 18.7 Å². The van der Waals surface area contributed by atoms with E-state index in [2.05, 4.69) is 0 Å². The number of carboxylic acid groups (broad SMARTS) is 1. The summed E-state index contributed by atoms with van der Waals surface area (Å²) in [5.74, 6) is -0.319. The van der Waals surface area contributed by atoms with Gasteiger partial charge in [0.1, 0.15) is 5.75 Å². The average molecular weight is 273 g/mol. The Morgan fingerprint density at radius 3 is 2.50 bits per heavy atom. The zero-order valence-corrected chi connectivity index (χ0v) is 11.1. The third-order valence-corrected chi connectivity index (χ3v) is 2.83. The van der Waals surface area contributed by atoms with Gasteiger partial charge in [0.2, 0.25) is 0 Å². The molecular formula is C15H15NO4. The molecule has 0 saturated heterocycles. The van der Waals surface area contributed by atoms with Gasteiger partial charge in [-0.05, 0) is 30.7 Å². The van der Waals surface area contributed by atoms with Crippen LogP contribution in [-0.4, -0.2) is 22.2 Å². The van der Waals surface area contributed by atoms with Crippen LogP contribution in [0.25, 0.3) is 0 Å². The average Bonchev–Trinajstić information content (AvgIpc) is 2.43. The molecule has 1 aromatic heterocycles. The lowest BCUT2D eigenvalue weighted by Gasteiger charge is -2.07. The number of aromatic nitrogens is 1. The van der Waals surface area contributed by atoms with Crippen molar-refractivity contribution < 1.29 is 14.6 Å². The number of pyridine rings is 1. The minimum absolute atomic E-state index is 0.00190. The third kappa shape index (κ3) is 3.26. The molecule has 5 nitrogen and oxygen atoms in total. The SMILES string of the molecule is CCOc1ccc(Cn2ccc(C(=O)O)cc2=O)cc1. The van der Waals surface area contributed by atoms with E-state index in [9.17, 15) is 9.59 Å². The fourth-order valence-electron chi connectivity index (χ4n) is 1.83. The summed E-state index contributed by atoms with van der Waals surface area (Å²) in [5.41, 5.74) is 0.607. The Labute approximate surface area is 116 Å². The lowest BCUT2D eigenvalue weighted by atomic mass is 10.2. The molecule has 1 heterocycles. The number of ether oxygens (including phenoxy) is 1. The van der Waals surface area contributed by atoms with Crippen molar-refractivity contribution in [3.05, 3.63) is 64.1 Å². The van der Waals surface area contributed by atoms with Crippen molar-refractivity contribution in [2.24, 2.45) is 0 Å². The van der Waals surface area contributed by atoms with Crippen molar-refractivity contribution in [2.45, 2.75) is 13.5 Å². The molecule has 0 amide bonds. The second-order valence-electron chi connectivity index (χ2n) is 4.26. The summed E-state index contributed by atoms with van der Waals surface area (Å²) in [6.45, 7) is 2.91. The smallest absolute Gasteiger partial charge is 0.335 e. The van der Waals surface area contributed by atoms with Crippen LogP contribution in [0.3, 0.4) is 0 Å². The monoisotopic (exact) mass is 273 g/mol. The lowest BCUT2D eigenvalue weighted by molar-refractivity contribution is 0.0696. The van der Waals surface area contributed by atoms with Crippen molar-refractivity contribution in [1.82, 2.24) is 4.57 Å². The molecule has 0 fully saturated rings. The van der Waals surface area contributed by atoms with Crippen LogP contribution < -0.4 is 10.3 Å². The molecule has 20 heavy (non-hydrogen) atoms. The largest absolute Gasteiger partial charge is 0.494 e. The Balaban J connectivity index is 2.17. The maximum Gasteiger partial charge on any atom is 0.335 e. The molecule has 2 rings (SSSR count). The van der Waals surface area contributed by atoms with Crippen LogP contribution >= 0.6 is 0 Å². The van der Waals surface area contributed by atoms with Crippen LogP contribution in [0.4, 0.5) is 0 Å². The third-order valence-electron chi connectivity index (χ3n) is 2.83. The lowest BCUT2D eigenvalue weighted by Crippen LogP contribution is -2.20. The predicted molar refractivity (Wildman–Crippen MR) is 74.4 cm³/mol. The van der Waals surface area contributed by atoms with Gasteiger partial charge in [-0.3, -0.25) is 4.79 Å². The topological polar surface area (TPSA) is 68.5 Å². The molecule has 0 spiro atoms. The predicted octanol–water partition coefficient (Wildman–Crippen LogP) is 1.99. The number of hydrogen-bond acceptors (Lipinski definition) is 3. The minimum Gasteiger partial charge on any atom is -0.494 e. The summed E-state index contributed by atoms with van der Waals surface area (Å²) >= 11 is 0. The molecular weight excluding hydrogens is 258 g/mol. The molecule has 0 aliphatic rings. The summed E-state index contributed by atoms with van der Waals surface area (Å²) in [7, 11) is 0. The van der Waals surface area contributed by atoms with Gasteiger partial charge in [0.25, 0.3) is 5.56 Å². The molecule has 0 unspecified atom stereocenters. The summed E-state index contributed by atoms with van der Waals surface area (Å²) < 4.78 is 6.80. The molecule has 1 N–H and O–H groups in total. The fraction of sp³-hybridized carbons (Fsp3) is 0.200. The molecule has 0 aliphatic heterocycles. The van der Waals surface area contributed by atoms with Crippen molar-refractivity contribution in [3.8, 4) is 5.75 Å². The first kappa shape index (κ1) is 13.9. The number of carboxylic acids is 1. The van der Waals surface area contributed by atoms with Gasteiger partial charge in [0, 0.05) is 12.3 Å². The fourth-order valence-corrected chi connectivity index (χ4v) is 1.83. The second-order valence-corrected chi connectivity index (χ2v) is 4.26. The normalized spacial score (nSPS) is 10.2. The Morgan fingerprint density at radius 2 is 1.95 bits per heavy atom. The number of aromatic carboxylic acids is 1. The van der Waals surface area contributed by atoms with Crippen LogP contribution in [0.2, 0.25) is 0 Å². The van der Waals surface area contributed by atoms with E-state index in [1.807, 2.05) is 31.2 Å². The highest BCUT2D eigenvalue weighted by atomic mass is 16.5. The van der Waals surface area contributed by atoms with Crippen LogP contribution in [0, 0.1) is 0 Å². The first-order valence-corrected chi connectivity index (χ1v) is 6.25. The molecule has 0 aliphatic carbocycles. The van der Waals surface area contributed by atoms with Crippen molar-refractivity contribution >= 4 is 5.97 Å². The highest BCUT2D eigenvalue weighted by Gasteiger charge is 2.05. The van der Waals surface area contributed by atoms with E-state index in [1.54, 1.807) is 0 Å². The minimum atomic E-state index is -1.10. The van der Waals surface area contributed by atoms with E-state index < -0.39 is 5.97 Å². The van der Waals surface area contributed by atoms with Gasteiger partial charge < -0.3 is 14.4 Å². The van der Waals surface area contributed by atoms with E-state index in [0.717, 1.165) is 17.4 Å². The zero-order valence-electron chi connectivity index (χ0n) is 11.1. The molecule has 5 heteroatoms.